The van der Waals surface area contributed by atoms with Gasteiger partial charge in [0.15, 0.2) is 0 Å². The van der Waals surface area contributed by atoms with E-state index in [1.54, 1.807) is 6.92 Å². The molecule has 0 aromatic rings. The standard InChI is InChI=1S/C11H19NO/c1-4-9-5-11(9)6-10(8(2)13)12(3)7-11/h9-10H,4-7H2,1-3H3/t9-,10+,11-/m1/s1. The summed E-state index contributed by atoms with van der Waals surface area (Å²) < 4.78 is 0. The maximum atomic E-state index is 11.3. The molecule has 2 fully saturated rings. The summed E-state index contributed by atoms with van der Waals surface area (Å²) >= 11 is 0. The van der Waals surface area contributed by atoms with Crippen molar-refractivity contribution in [3.05, 3.63) is 0 Å². The molecule has 3 atom stereocenters. The van der Waals surface area contributed by atoms with Gasteiger partial charge in [-0.3, -0.25) is 9.69 Å². The minimum Gasteiger partial charge on any atom is -0.298 e. The first-order valence-corrected chi connectivity index (χ1v) is 5.30. The summed E-state index contributed by atoms with van der Waals surface area (Å²) in [6, 6.07) is 0.219. The Kier molecular flexibility index (Phi) is 1.99. The Balaban J connectivity index is 2.04. The van der Waals surface area contributed by atoms with Crippen molar-refractivity contribution in [2.75, 3.05) is 13.6 Å². The van der Waals surface area contributed by atoms with Crippen LogP contribution in [0.2, 0.25) is 0 Å². The average Bonchev–Trinajstić information content (AvgIpc) is 2.62. The summed E-state index contributed by atoms with van der Waals surface area (Å²) in [4.78, 5) is 13.6. The van der Waals surface area contributed by atoms with Gasteiger partial charge in [0.1, 0.15) is 5.78 Å². The normalized spacial score (nSPS) is 44.2. The number of ketones is 1. The molecule has 2 aliphatic rings. The lowest BCUT2D eigenvalue weighted by Gasteiger charge is -2.14. The zero-order chi connectivity index (χ0) is 9.64. The van der Waals surface area contributed by atoms with Gasteiger partial charge in [0.05, 0.1) is 6.04 Å². The fourth-order valence-corrected chi connectivity index (χ4v) is 3.12. The van der Waals surface area contributed by atoms with Gasteiger partial charge in [-0.05, 0) is 38.1 Å². The van der Waals surface area contributed by atoms with Crippen molar-refractivity contribution in [3.8, 4) is 0 Å². The quantitative estimate of drug-likeness (QED) is 0.646. The van der Waals surface area contributed by atoms with E-state index in [1.165, 1.54) is 12.8 Å². The van der Waals surface area contributed by atoms with Crippen molar-refractivity contribution in [2.45, 2.75) is 39.2 Å². The maximum absolute atomic E-state index is 11.3. The average molecular weight is 181 g/mol. The van der Waals surface area contributed by atoms with Crippen LogP contribution >= 0.6 is 0 Å². The Bertz CT molecular complexity index is 238. The van der Waals surface area contributed by atoms with Crippen molar-refractivity contribution in [1.82, 2.24) is 4.90 Å². The first-order valence-electron chi connectivity index (χ1n) is 5.30. The third-order valence-corrected chi connectivity index (χ3v) is 4.02. The van der Waals surface area contributed by atoms with E-state index in [0.29, 0.717) is 11.2 Å². The molecule has 1 saturated heterocycles. The summed E-state index contributed by atoms with van der Waals surface area (Å²) in [5.41, 5.74) is 0.542. The monoisotopic (exact) mass is 181 g/mol. The molecule has 13 heavy (non-hydrogen) atoms. The van der Waals surface area contributed by atoms with E-state index in [1.807, 2.05) is 0 Å². The van der Waals surface area contributed by atoms with Gasteiger partial charge in [-0.2, -0.15) is 0 Å². The summed E-state index contributed by atoms with van der Waals surface area (Å²) in [5, 5.41) is 0. The highest BCUT2D eigenvalue weighted by Gasteiger charge is 2.58. The second kappa shape index (κ2) is 2.81. The highest BCUT2D eigenvalue weighted by Crippen LogP contribution is 2.61. The van der Waals surface area contributed by atoms with Crippen molar-refractivity contribution in [1.29, 1.82) is 0 Å². The fraction of sp³-hybridized carbons (Fsp3) is 0.909. The molecule has 0 amide bonds. The molecule has 2 nitrogen and oxygen atoms in total. The Hall–Kier alpha value is -0.370. The maximum Gasteiger partial charge on any atom is 0.146 e. The molecule has 1 aliphatic carbocycles. The first kappa shape index (κ1) is 9.20. The second-order valence-electron chi connectivity index (χ2n) is 4.92. The fourth-order valence-electron chi connectivity index (χ4n) is 3.12. The van der Waals surface area contributed by atoms with Gasteiger partial charge in [-0.15, -0.1) is 0 Å². The van der Waals surface area contributed by atoms with Gasteiger partial charge in [-0.25, -0.2) is 0 Å². The van der Waals surface area contributed by atoms with Gasteiger partial charge >= 0.3 is 0 Å². The summed E-state index contributed by atoms with van der Waals surface area (Å²) in [7, 11) is 2.09. The van der Waals surface area contributed by atoms with Crippen LogP contribution < -0.4 is 0 Å². The topological polar surface area (TPSA) is 20.3 Å². The van der Waals surface area contributed by atoms with E-state index in [4.69, 9.17) is 0 Å². The summed E-state index contributed by atoms with van der Waals surface area (Å²) in [6.07, 6.45) is 3.77. The number of likely N-dealkylation sites (tertiary alicyclic amines) is 1. The number of Topliss-reactive ketones (excluding diaryl/α,β-unsaturated/α-hetero) is 1. The first-order chi connectivity index (χ1) is 6.09. The van der Waals surface area contributed by atoms with Crippen molar-refractivity contribution in [3.63, 3.8) is 0 Å². The van der Waals surface area contributed by atoms with E-state index in [9.17, 15) is 4.79 Å². The SMILES string of the molecule is CC[C@@H]1C[C@]12C[C@@H](C(C)=O)N(C)C2. The summed E-state index contributed by atoms with van der Waals surface area (Å²) in [6.45, 7) is 5.14. The molecule has 0 unspecified atom stereocenters. The number of carbonyl (C=O) groups excluding carboxylic acids is 1. The molecule has 0 bridgehead atoms. The molecule has 2 rings (SSSR count). The van der Waals surface area contributed by atoms with Crippen LogP contribution in [-0.4, -0.2) is 30.3 Å². The minimum absolute atomic E-state index is 0.219. The minimum atomic E-state index is 0.219. The molecule has 74 valence electrons. The largest absolute Gasteiger partial charge is 0.298 e. The molecule has 0 radical (unpaired) electrons. The number of nitrogens with zero attached hydrogens (tertiary/aromatic N) is 1. The molecule has 1 saturated carbocycles. The smallest absolute Gasteiger partial charge is 0.146 e. The van der Waals surface area contributed by atoms with Crippen molar-refractivity contribution >= 4 is 5.78 Å². The van der Waals surface area contributed by atoms with E-state index in [-0.39, 0.29) is 6.04 Å². The van der Waals surface area contributed by atoms with Crippen LogP contribution in [0.4, 0.5) is 0 Å². The third kappa shape index (κ3) is 1.32. The van der Waals surface area contributed by atoms with Gasteiger partial charge in [-0.1, -0.05) is 13.3 Å². The van der Waals surface area contributed by atoms with Crippen molar-refractivity contribution < 1.29 is 4.79 Å². The van der Waals surface area contributed by atoms with Crippen LogP contribution in [0, 0.1) is 11.3 Å². The number of rotatable bonds is 2. The van der Waals surface area contributed by atoms with Gasteiger partial charge in [0.2, 0.25) is 0 Å². The van der Waals surface area contributed by atoms with Gasteiger partial charge < -0.3 is 0 Å². The van der Waals surface area contributed by atoms with Crippen LogP contribution in [0.15, 0.2) is 0 Å². The Morgan fingerprint density at radius 1 is 1.54 bits per heavy atom. The van der Waals surface area contributed by atoms with E-state index in [2.05, 4.69) is 18.9 Å². The third-order valence-electron chi connectivity index (χ3n) is 4.02. The second-order valence-corrected chi connectivity index (χ2v) is 4.92. The number of hydrogen-bond acceptors (Lipinski definition) is 2. The summed E-state index contributed by atoms with van der Waals surface area (Å²) in [5.74, 6) is 1.25. The zero-order valence-electron chi connectivity index (χ0n) is 8.84. The molecular weight excluding hydrogens is 162 g/mol. The van der Waals surface area contributed by atoms with E-state index >= 15 is 0 Å². The predicted octanol–water partition coefficient (Wildman–Crippen LogP) is 1.70. The van der Waals surface area contributed by atoms with Crippen LogP contribution in [0.5, 0.6) is 0 Å². The lowest BCUT2D eigenvalue weighted by Crippen LogP contribution is -2.30. The zero-order valence-corrected chi connectivity index (χ0v) is 8.84. The van der Waals surface area contributed by atoms with Crippen molar-refractivity contribution in [2.24, 2.45) is 11.3 Å². The van der Waals surface area contributed by atoms with E-state index < -0.39 is 0 Å². The molecule has 1 spiro atoms. The van der Waals surface area contributed by atoms with Crippen LogP contribution in [-0.2, 0) is 4.79 Å². The molecule has 2 heteroatoms. The molecular formula is C11H19NO. The highest BCUT2D eigenvalue weighted by atomic mass is 16.1. The Labute approximate surface area is 80.3 Å². The highest BCUT2D eigenvalue weighted by molar-refractivity contribution is 5.82. The Morgan fingerprint density at radius 3 is 2.62 bits per heavy atom. The molecule has 0 aromatic carbocycles. The van der Waals surface area contributed by atoms with Crippen LogP contribution in [0.25, 0.3) is 0 Å². The lowest BCUT2D eigenvalue weighted by molar-refractivity contribution is -0.120. The molecule has 0 N–H and O–H groups in total. The Morgan fingerprint density at radius 2 is 2.23 bits per heavy atom. The number of hydrogen-bond donors (Lipinski definition) is 0. The lowest BCUT2D eigenvalue weighted by atomic mass is 9.97. The van der Waals surface area contributed by atoms with E-state index in [0.717, 1.165) is 18.9 Å². The van der Waals surface area contributed by atoms with Gasteiger partial charge in [0.25, 0.3) is 0 Å². The molecule has 0 aromatic heterocycles. The van der Waals surface area contributed by atoms with Crippen LogP contribution in [0.3, 0.4) is 0 Å². The van der Waals surface area contributed by atoms with Gasteiger partial charge in [0, 0.05) is 6.54 Å². The number of carbonyl (C=O) groups is 1. The molecule has 1 heterocycles. The predicted molar refractivity (Wildman–Crippen MR) is 52.5 cm³/mol. The number of likely N-dealkylation sites (N-methyl/N-ethyl adjacent to an activating group) is 1. The van der Waals surface area contributed by atoms with Crippen LogP contribution in [0.1, 0.15) is 33.1 Å². The molecule has 1 aliphatic heterocycles.